The van der Waals surface area contributed by atoms with E-state index in [9.17, 15) is 4.79 Å². The van der Waals surface area contributed by atoms with Crippen LogP contribution in [0, 0.1) is 0 Å². The van der Waals surface area contributed by atoms with E-state index in [0.717, 1.165) is 13.0 Å². The Morgan fingerprint density at radius 1 is 1.56 bits per heavy atom. The molecule has 2 rings (SSSR count). The summed E-state index contributed by atoms with van der Waals surface area (Å²) in [6, 6.07) is 8.38. The molecule has 1 heterocycles. The summed E-state index contributed by atoms with van der Waals surface area (Å²) in [5.41, 5.74) is 2.58. The molecule has 1 amide bonds. The lowest BCUT2D eigenvalue weighted by Gasteiger charge is -2.33. The first-order valence-electron chi connectivity index (χ1n) is 6.31. The fraction of sp³-hybridized carbons (Fsp3) is 0.500. The van der Waals surface area contributed by atoms with Gasteiger partial charge in [-0.05, 0) is 25.0 Å². The second-order valence-corrected chi connectivity index (χ2v) is 5.48. The van der Waals surface area contributed by atoms with E-state index in [1.807, 2.05) is 0 Å². The summed E-state index contributed by atoms with van der Waals surface area (Å²) in [5.74, 6) is 0.296. The van der Waals surface area contributed by atoms with E-state index in [-0.39, 0.29) is 5.91 Å². The molecule has 0 aromatic heterocycles. The fourth-order valence-electron chi connectivity index (χ4n) is 2.38. The number of hydrogen-bond acceptors (Lipinski definition) is 2. The van der Waals surface area contributed by atoms with Gasteiger partial charge in [0.05, 0.1) is 0 Å². The Kier molecular flexibility index (Phi) is 4.12. The van der Waals surface area contributed by atoms with Crippen LogP contribution in [0.25, 0.3) is 0 Å². The summed E-state index contributed by atoms with van der Waals surface area (Å²) in [5, 5.41) is 2.45. The van der Waals surface area contributed by atoms with E-state index < -0.39 is 5.38 Å². The molecule has 0 radical (unpaired) electrons. The molecule has 0 saturated heterocycles. The Morgan fingerprint density at radius 2 is 2.28 bits per heavy atom. The van der Waals surface area contributed by atoms with Crippen molar-refractivity contribution < 1.29 is 4.79 Å². The largest absolute Gasteiger partial charge is 0.374 e. The second kappa shape index (κ2) is 5.61. The predicted octanol–water partition coefficient (Wildman–Crippen LogP) is 2.35. The van der Waals surface area contributed by atoms with E-state index in [0.29, 0.717) is 12.5 Å². The van der Waals surface area contributed by atoms with Crippen LogP contribution in [0.1, 0.15) is 24.8 Å². The molecule has 0 spiro atoms. The van der Waals surface area contributed by atoms with E-state index in [1.54, 1.807) is 6.92 Å². The summed E-state index contributed by atoms with van der Waals surface area (Å²) in [6.07, 6.45) is 1.06. The number of anilines is 1. The third-order valence-electron chi connectivity index (χ3n) is 3.48. The van der Waals surface area contributed by atoms with Crippen LogP contribution >= 0.6 is 11.6 Å². The van der Waals surface area contributed by atoms with Gasteiger partial charge in [0.15, 0.2) is 0 Å². The SMILES string of the molecule is CC(Cl)C(=O)NCC1CCN(C)c2ccccc21. The molecule has 1 aromatic carbocycles. The van der Waals surface area contributed by atoms with Gasteiger partial charge >= 0.3 is 0 Å². The molecule has 3 nitrogen and oxygen atoms in total. The van der Waals surface area contributed by atoms with E-state index >= 15 is 0 Å². The molecule has 1 aromatic rings. The van der Waals surface area contributed by atoms with Crippen LogP contribution in [-0.4, -0.2) is 31.4 Å². The number of nitrogens with zero attached hydrogens (tertiary/aromatic N) is 1. The highest BCUT2D eigenvalue weighted by atomic mass is 35.5. The van der Waals surface area contributed by atoms with E-state index in [4.69, 9.17) is 11.6 Å². The van der Waals surface area contributed by atoms with Crippen molar-refractivity contribution in [3.63, 3.8) is 0 Å². The number of rotatable bonds is 3. The smallest absolute Gasteiger partial charge is 0.237 e. The van der Waals surface area contributed by atoms with Crippen molar-refractivity contribution in [2.45, 2.75) is 24.6 Å². The number of fused-ring (bicyclic) bond motifs is 1. The van der Waals surface area contributed by atoms with Crippen molar-refractivity contribution in [1.82, 2.24) is 5.32 Å². The molecular weight excluding hydrogens is 248 g/mol. The normalized spacial score (nSPS) is 20.2. The molecule has 0 saturated carbocycles. The number of carbonyl (C=O) groups excluding carboxylic acids is 1. The van der Waals surface area contributed by atoms with Crippen LogP contribution in [0.2, 0.25) is 0 Å². The van der Waals surface area contributed by atoms with Gasteiger partial charge in [0.25, 0.3) is 0 Å². The summed E-state index contributed by atoms with van der Waals surface area (Å²) >= 11 is 5.75. The van der Waals surface area contributed by atoms with Crippen molar-refractivity contribution in [3.05, 3.63) is 29.8 Å². The Hall–Kier alpha value is -1.22. The molecule has 18 heavy (non-hydrogen) atoms. The van der Waals surface area contributed by atoms with Gasteiger partial charge in [-0.15, -0.1) is 11.6 Å². The van der Waals surface area contributed by atoms with Crippen LogP contribution in [-0.2, 0) is 4.79 Å². The number of hydrogen-bond donors (Lipinski definition) is 1. The average molecular weight is 267 g/mol. The third kappa shape index (κ3) is 2.78. The number of halogens is 1. The first kappa shape index (κ1) is 13.2. The van der Waals surface area contributed by atoms with Crippen LogP contribution in [0.3, 0.4) is 0 Å². The number of nitrogens with one attached hydrogen (secondary N) is 1. The monoisotopic (exact) mass is 266 g/mol. The minimum Gasteiger partial charge on any atom is -0.374 e. The lowest BCUT2D eigenvalue weighted by molar-refractivity contribution is -0.120. The zero-order valence-corrected chi connectivity index (χ0v) is 11.6. The predicted molar refractivity (Wildman–Crippen MR) is 75.4 cm³/mol. The second-order valence-electron chi connectivity index (χ2n) is 4.83. The number of alkyl halides is 1. The molecule has 98 valence electrons. The number of carbonyl (C=O) groups is 1. The van der Waals surface area contributed by atoms with E-state index in [1.165, 1.54) is 11.3 Å². The quantitative estimate of drug-likeness (QED) is 0.852. The third-order valence-corrected chi connectivity index (χ3v) is 3.68. The summed E-state index contributed by atoms with van der Waals surface area (Å²) in [4.78, 5) is 13.8. The zero-order chi connectivity index (χ0) is 13.1. The average Bonchev–Trinajstić information content (AvgIpc) is 2.38. The molecule has 2 unspecified atom stereocenters. The van der Waals surface area contributed by atoms with Gasteiger partial charge < -0.3 is 10.2 Å². The maximum absolute atomic E-state index is 11.5. The summed E-state index contributed by atoms with van der Waals surface area (Å²) in [7, 11) is 2.11. The molecule has 4 heteroatoms. The maximum atomic E-state index is 11.5. The van der Waals surface area contributed by atoms with Gasteiger partial charge in [-0.25, -0.2) is 0 Å². The van der Waals surface area contributed by atoms with Crippen molar-refractivity contribution in [2.24, 2.45) is 0 Å². The van der Waals surface area contributed by atoms with Crippen LogP contribution in [0.4, 0.5) is 5.69 Å². The highest BCUT2D eigenvalue weighted by molar-refractivity contribution is 6.30. The molecule has 0 aliphatic carbocycles. The summed E-state index contributed by atoms with van der Waals surface area (Å²) < 4.78 is 0. The molecule has 1 N–H and O–H groups in total. The Labute approximate surface area is 113 Å². The summed E-state index contributed by atoms with van der Waals surface area (Å²) in [6.45, 7) is 3.38. The molecule has 2 atom stereocenters. The van der Waals surface area contributed by atoms with Gasteiger partial charge in [0, 0.05) is 31.7 Å². The van der Waals surface area contributed by atoms with Crippen LogP contribution in [0.15, 0.2) is 24.3 Å². The molecule has 0 bridgehead atoms. The van der Waals surface area contributed by atoms with Crippen molar-refractivity contribution >= 4 is 23.2 Å². The number of benzene rings is 1. The first-order valence-corrected chi connectivity index (χ1v) is 6.75. The maximum Gasteiger partial charge on any atom is 0.237 e. The lowest BCUT2D eigenvalue weighted by Crippen LogP contribution is -2.36. The first-order chi connectivity index (χ1) is 8.59. The minimum absolute atomic E-state index is 0.0897. The van der Waals surface area contributed by atoms with Gasteiger partial charge in [-0.2, -0.15) is 0 Å². The van der Waals surface area contributed by atoms with Crippen LogP contribution < -0.4 is 10.2 Å². The topological polar surface area (TPSA) is 32.3 Å². The van der Waals surface area contributed by atoms with Crippen molar-refractivity contribution in [1.29, 1.82) is 0 Å². The molecule has 1 aliphatic rings. The molecule has 1 aliphatic heterocycles. The minimum atomic E-state index is -0.466. The van der Waals surface area contributed by atoms with Gasteiger partial charge in [-0.3, -0.25) is 4.79 Å². The Bertz CT molecular complexity index is 434. The van der Waals surface area contributed by atoms with Gasteiger partial charge in [-0.1, -0.05) is 18.2 Å². The van der Waals surface area contributed by atoms with Crippen LogP contribution in [0.5, 0.6) is 0 Å². The zero-order valence-electron chi connectivity index (χ0n) is 10.8. The standard InChI is InChI=1S/C14H19ClN2O/c1-10(15)14(18)16-9-11-7-8-17(2)13-6-4-3-5-12(11)13/h3-6,10-11H,7-9H2,1-2H3,(H,16,18). The number of para-hydroxylation sites is 1. The van der Waals surface area contributed by atoms with Gasteiger partial charge in [0.1, 0.15) is 5.38 Å². The lowest BCUT2D eigenvalue weighted by atomic mass is 9.90. The fourth-order valence-corrected chi connectivity index (χ4v) is 2.46. The van der Waals surface area contributed by atoms with Crippen molar-refractivity contribution in [2.75, 3.05) is 25.0 Å². The molecular formula is C14H19ClN2O. The molecule has 0 fully saturated rings. The van der Waals surface area contributed by atoms with E-state index in [2.05, 4.69) is 41.5 Å². The van der Waals surface area contributed by atoms with Crippen molar-refractivity contribution in [3.8, 4) is 0 Å². The Morgan fingerprint density at radius 3 is 3.00 bits per heavy atom. The van der Waals surface area contributed by atoms with Gasteiger partial charge in [0.2, 0.25) is 5.91 Å². The number of amides is 1. The highest BCUT2D eigenvalue weighted by Crippen LogP contribution is 2.33. The Balaban J connectivity index is 2.07. The highest BCUT2D eigenvalue weighted by Gasteiger charge is 2.23.